The number of rotatable bonds is 1. The lowest BCUT2D eigenvalue weighted by molar-refractivity contribution is -0.145. The summed E-state index contributed by atoms with van der Waals surface area (Å²) in [5.41, 5.74) is 0. The van der Waals surface area contributed by atoms with Gasteiger partial charge in [-0.15, -0.1) is 0 Å². The topological polar surface area (TPSA) is 41.6 Å². The van der Waals surface area contributed by atoms with Crippen LogP contribution in [0.2, 0.25) is 0 Å². The molecule has 4 nitrogen and oxygen atoms in total. The summed E-state index contributed by atoms with van der Waals surface area (Å²) < 4.78 is 5.06. The highest BCUT2D eigenvalue weighted by atomic mass is 16.5. The van der Waals surface area contributed by atoms with Crippen LogP contribution < -0.4 is 5.32 Å². The molecule has 0 aromatic rings. The Morgan fingerprint density at radius 2 is 2.50 bits per heavy atom. The van der Waals surface area contributed by atoms with E-state index < -0.39 is 0 Å². The van der Waals surface area contributed by atoms with E-state index in [9.17, 15) is 4.79 Å². The zero-order valence-corrected chi connectivity index (χ0v) is 7.08. The molecule has 1 amide bonds. The van der Waals surface area contributed by atoms with Crippen molar-refractivity contribution in [3.05, 3.63) is 0 Å². The van der Waals surface area contributed by atoms with Gasteiger partial charge < -0.3 is 15.0 Å². The molecule has 2 saturated heterocycles. The summed E-state index contributed by atoms with van der Waals surface area (Å²) in [4.78, 5) is 13.3. The third-order valence-electron chi connectivity index (χ3n) is 2.50. The second kappa shape index (κ2) is 3.41. The van der Waals surface area contributed by atoms with Crippen molar-refractivity contribution < 1.29 is 9.53 Å². The summed E-state index contributed by atoms with van der Waals surface area (Å²) >= 11 is 0. The third kappa shape index (κ3) is 1.44. The van der Waals surface area contributed by atoms with Crippen molar-refractivity contribution in [2.45, 2.75) is 12.5 Å². The normalized spacial score (nSPS) is 31.2. The van der Waals surface area contributed by atoms with Gasteiger partial charge in [-0.3, -0.25) is 4.79 Å². The van der Waals surface area contributed by atoms with E-state index in [0.29, 0.717) is 12.6 Å². The van der Waals surface area contributed by atoms with Crippen LogP contribution >= 0.6 is 0 Å². The first-order chi connectivity index (χ1) is 5.88. The van der Waals surface area contributed by atoms with Gasteiger partial charge in [0.05, 0.1) is 6.61 Å². The Bertz CT molecular complexity index is 178. The lowest BCUT2D eigenvalue weighted by Gasteiger charge is -2.31. The minimum atomic E-state index is 0.148. The average Bonchev–Trinajstić information content (AvgIpc) is 2.57. The summed E-state index contributed by atoms with van der Waals surface area (Å²) in [5, 5.41) is 3.26. The Kier molecular flexibility index (Phi) is 2.28. The van der Waals surface area contributed by atoms with Crippen LogP contribution in [0, 0.1) is 0 Å². The van der Waals surface area contributed by atoms with Crippen LogP contribution in [0.15, 0.2) is 0 Å². The zero-order valence-electron chi connectivity index (χ0n) is 7.08. The molecule has 68 valence electrons. The maximum atomic E-state index is 11.4. The van der Waals surface area contributed by atoms with Crippen molar-refractivity contribution >= 4 is 5.91 Å². The van der Waals surface area contributed by atoms with E-state index >= 15 is 0 Å². The van der Waals surface area contributed by atoms with Crippen LogP contribution in [0.4, 0.5) is 0 Å². The SMILES string of the molecule is O=C1COCCN1[C@@H]1CCNC1. The van der Waals surface area contributed by atoms with E-state index in [4.69, 9.17) is 4.74 Å². The highest BCUT2D eigenvalue weighted by Crippen LogP contribution is 2.11. The number of nitrogens with zero attached hydrogens (tertiary/aromatic N) is 1. The number of ether oxygens (including phenoxy) is 1. The van der Waals surface area contributed by atoms with Gasteiger partial charge in [0, 0.05) is 19.1 Å². The maximum Gasteiger partial charge on any atom is 0.248 e. The minimum Gasteiger partial charge on any atom is -0.370 e. The van der Waals surface area contributed by atoms with Gasteiger partial charge in [0.25, 0.3) is 0 Å². The van der Waals surface area contributed by atoms with Crippen molar-refractivity contribution in [3.63, 3.8) is 0 Å². The molecule has 0 bridgehead atoms. The molecule has 2 aliphatic heterocycles. The molecule has 1 N–H and O–H groups in total. The molecule has 0 unspecified atom stereocenters. The molecule has 4 heteroatoms. The van der Waals surface area contributed by atoms with E-state index in [0.717, 1.165) is 26.1 Å². The van der Waals surface area contributed by atoms with E-state index in [2.05, 4.69) is 5.32 Å². The largest absolute Gasteiger partial charge is 0.370 e. The highest BCUT2D eigenvalue weighted by molar-refractivity contribution is 5.78. The molecule has 2 heterocycles. The Hall–Kier alpha value is -0.610. The Labute approximate surface area is 71.9 Å². The fourth-order valence-corrected chi connectivity index (χ4v) is 1.82. The molecule has 1 atom stereocenters. The first kappa shape index (κ1) is 8.01. The van der Waals surface area contributed by atoms with Gasteiger partial charge in [0.1, 0.15) is 6.61 Å². The Balaban J connectivity index is 1.95. The van der Waals surface area contributed by atoms with E-state index in [1.54, 1.807) is 0 Å². The zero-order chi connectivity index (χ0) is 8.39. The van der Waals surface area contributed by atoms with Crippen LogP contribution in [0.5, 0.6) is 0 Å². The van der Waals surface area contributed by atoms with E-state index in [-0.39, 0.29) is 12.5 Å². The molecule has 2 fully saturated rings. The standard InChI is InChI=1S/C8H14N2O2/c11-8-6-12-4-3-10(8)7-1-2-9-5-7/h7,9H,1-6H2/t7-/m1/s1. The van der Waals surface area contributed by atoms with Gasteiger partial charge in [0.15, 0.2) is 0 Å². The lowest BCUT2D eigenvalue weighted by atomic mass is 10.2. The fourth-order valence-electron chi connectivity index (χ4n) is 1.82. The van der Waals surface area contributed by atoms with Crippen LogP contribution in [-0.4, -0.2) is 49.7 Å². The first-order valence-electron chi connectivity index (χ1n) is 4.46. The molecule has 0 aromatic carbocycles. The highest BCUT2D eigenvalue weighted by Gasteiger charge is 2.28. The summed E-state index contributed by atoms with van der Waals surface area (Å²) in [7, 11) is 0. The molecule has 2 rings (SSSR count). The summed E-state index contributed by atoms with van der Waals surface area (Å²) in [6.07, 6.45) is 1.09. The molecule has 2 aliphatic rings. The second-order valence-corrected chi connectivity index (χ2v) is 3.29. The lowest BCUT2D eigenvalue weighted by Crippen LogP contribution is -2.48. The summed E-state index contributed by atoms with van der Waals surface area (Å²) in [6, 6.07) is 0.418. The van der Waals surface area contributed by atoms with Crippen LogP contribution in [-0.2, 0) is 9.53 Å². The number of hydrogen-bond acceptors (Lipinski definition) is 3. The quantitative estimate of drug-likeness (QED) is 0.560. The van der Waals surface area contributed by atoms with Gasteiger partial charge in [-0.1, -0.05) is 0 Å². The van der Waals surface area contributed by atoms with Gasteiger partial charge in [0.2, 0.25) is 5.91 Å². The number of carbonyl (C=O) groups excluding carboxylic acids is 1. The minimum absolute atomic E-state index is 0.148. The van der Waals surface area contributed by atoms with Crippen molar-refractivity contribution in [1.82, 2.24) is 10.2 Å². The second-order valence-electron chi connectivity index (χ2n) is 3.29. The summed E-state index contributed by atoms with van der Waals surface area (Å²) in [6.45, 7) is 3.73. The molecule has 0 saturated carbocycles. The number of morpholine rings is 1. The van der Waals surface area contributed by atoms with E-state index in [1.165, 1.54) is 0 Å². The number of hydrogen-bond donors (Lipinski definition) is 1. The van der Waals surface area contributed by atoms with E-state index in [1.807, 2.05) is 4.90 Å². The van der Waals surface area contributed by atoms with Gasteiger partial charge in [-0.25, -0.2) is 0 Å². The molecule has 0 spiro atoms. The van der Waals surface area contributed by atoms with Crippen molar-refractivity contribution in [2.75, 3.05) is 32.8 Å². The number of carbonyl (C=O) groups is 1. The Morgan fingerprint density at radius 3 is 3.17 bits per heavy atom. The Morgan fingerprint density at radius 1 is 1.58 bits per heavy atom. The molecule has 0 aromatic heterocycles. The predicted molar refractivity (Wildman–Crippen MR) is 43.8 cm³/mol. The van der Waals surface area contributed by atoms with Gasteiger partial charge in [-0.05, 0) is 13.0 Å². The van der Waals surface area contributed by atoms with Gasteiger partial charge in [-0.2, -0.15) is 0 Å². The monoisotopic (exact) mass is 170 g/mol. The molecule has 12 heavy (non-hydrogen) atoms. The number of amides is 1. The summed E-state index contributed by atoms with van der Waals surface area (Å²) in [5.74, 6) is 0.148. The molecule has 0 radical (unpaired) electrons. The van der Waals surface area contributed by atoms with Crippen LogP contribution in [0.3, 0.4) is 0 Å². The average molecular weight is 170 g/mol. The van der Waals surface area contributed by atoms with Crippen LogP contribution in [0.1, 0.15) is 6.42 Å². The van der Waals surface area contributed by atoms with Crippen LogP contribution in [0.25, 0.3) is 0 Å². The van der Waals surface area contributed by atoms with Crippen molar-refractivity contribution in [3.8, 4) is 0 Å². The predicted octanol–water partition coefficient (Wildman–Crippen LogP) is -0.793. The fraction of sp³-hybridized carbons (Fsp3) is 0.875. The molecular formula is C8H14N2O2. The smallest absolute Gasteiger partial charge is 0.248 e. The first-order valence-corrected chi connectivity index (χ1v) is 4.46. The third-order valence-corrected chi connectivity index (χ3v) is 2.50. The maximum absolute atomic E-state index is 11.4. The number of nitrogens with one attached hydrogen (secondary N) is 1. The van der Waals surface area contributed by atoms with Gasteiger partial charge >= 0.3 is 0 Å². The molecule has 0 aliphatic carbocycles. The van der Waals surface area contributed by atoms with Crippen molar-refractivity contribution in [1.29, 1.82) is 0 Å². The van der Waals surface area contributed by atoms with Crippen molar-refractivity contribution in [2.24, 2.45) is 0 Å². The molecular weight excluding hydrogens is 156 g/mol.